The first kappa shape index (κ1) is 12.0. The number of phenols is 1. The smallest absolute Gasteiger partial charge is 0.208 e. The van der Waals surface area contributed by atoms with Crippen LogP contribution >= 0.6 is 11.8 Å². The van der Waals surface area contributed by atoms with E-state index in [2.05, 4.69) is 22.1 Å². The number of aromatic amines is 1. The van der Waals surface area contributed by atoms with Gasteiger partial charge >= 0.3 is 0 Å². The molecule has 90 valence electrons. The highest BCUT2D eigenvalue weighted by atomic mass is 32.2. The van der Waals surface area contributed by atoms with E-state index in [9.17, 15) is 5.11 Å². The Morgan fingerprint density at radius 1 is 1.29 bits per heavy atom. The van der Waals surface area contributed by atoms with Gasteiger partial charge in [0.1, 0.15) is 5.75 Å². The van der Waals surface area contributed by atoms with Crippen LogP contribution in [-0.4, -0.2) is 26.0 Å². The molecule has 2 rings (SSSR count). The van der Waals surface area contributed by atoms with Crippen molar-refractivity contribution in [3.63, 3.8) is 0 Å². The van der Waals surface area contributed by atoms with Crippen LogP contribution in [0.3, 0.4) is 0 Å². The lowest BCUT2D eigenvalue weighted by Crippen LogP contribution is -1.81. The topological polar surface area (TPSA) is 61.8 Å². The number of aromatic hydroxyl groups is 1. The van der Waals surface area contributed by atoms with Crippen molar-refractivity contribution < 1.29 is 5.11 Å². The lowest BCUT2D eigenvalue weighted by atomic mass is 10.2. The third-order valence-electron chi connectivity index (χ3n) is 2.33. The molecule has 0 aliphatic carbocycles. The zero-order chi connectivity index (χ0) is 12.1. The molecule has 0 saturated carbocycles. The first-order chi connectivity index (χ1) is 8.29. The largest absolute Gasteiger partial charge is 0.508 e. The molecule has 1 heterocycles. The van der Waals surface area contributed by atoms with Gasteiger partial charge in [-0.2, -0.15) is 0 Å². The van der Waals surface area contributed by atoms with E-state index in [1.54, 1.807) is 23.9 Å². The van der Waals surface area contributed by atoms with Crippen LogP contribution in [0.4, 0.5) is 0 Å². The summed E-state index contributed by atoms with van der Waals surface area (Å²) in [5, 5.41) is 17.0. The first-order valence-corrected chi connectivity index (χ1v) is 6.62. The van der Waals surface area contributed by atoms with Crippen LogP contribution in [-0.2, 0) is 0 Å². The molecule has 2 N–H and O–H groups in total. The quantitative estimate of drug-likeness (QED) is 0.631. The molecule has 1 aromatic carbocycles. The number of thioether (sulfide) groups is 1. The Bertz CT molecular complexity index is 467. The number of hydrogen-bond donors (Lipinski definition) is 2. The van der Waals surface area contributed by atoms with Crippen molar-refractivity contribution in [1.29, 1.82) is 0 Å². The van der Waals surface area contributed by atoms with Crippen LogP contribution in [0.2, 0.25) is 0 Å². The van der Waals surface area contributed by atoms with E-state index in [0.717, 1.165) is 22.3 Å². The highest BCUT2D eigenvalue weighted by Crippen LogP contribution is 2.21. The predicted octanol–water partition coefficient (Wildman–Crippen LogP) is 3.07. The maximum absolute atomic E-state index is 9.20. The van der Waals surface area contributed by atoms with Gasteiger partial charge in [-0.25, -0.2) is 4.98 Å². The minimum Gasteiger partial charge on any atom is -0.508 e. The molecule has 0 spiro atoms. The molecule has 0 saturated heterocycles. The lowest BCUT2D eigenvalue weighted by Gasteiger charge is -1.95. The van der Waals surface area contributed by atoms with Gasteiger partial charge in [-0.05, 0) is 30.7 Å². The molecule has 0 atom stereocenters. The summed E-state index contributed by atoms with van der Waals surface area (Å²) in [4.78, 5) is 4.40. The fourth-order valence-electron chi connectivity index (χ4n) is 1.37. The van der Waals surface area contributed by atoms with Crippen LogP contribution in [0, 0.1) is 0 Å². The molecule has 0 fully saturated rings. The van der Waals surface area contributed by atoms with E-state index >= 15 is 0 Å². The molecule has 4 nitrogen and oxygen atoms in total. The van der Waals surface area contributed by atoms with Gasteiger partial charge in [-0.1, -0.05) is 25.1 Å². The van der Waals surface area contributed by atoms with Crippen molar-refractivity contribution in [3.05, 3.63) is 24.3 Å². The van der Waals surface area contributed by atoms with Gasteiger partial charge in [0.15, 0.2) is 5.82 Å². The third kappa shape index (κ3) is 3.23. The third-order valence-corrected chi connectivity index (χ3v) is 3.27. The van der Waals surface area contributed by atoms with E-state index in [0.29, 0.717) is 0 Å². The van der Waals surface area contributed by atoms with Crippen LogP contribution in [0.25, 0.3) is 11.4 Å². The standard InChI is InChI=1S/C12H15N3OS/c1-2-3-8-17-12-13-11(14-15-12)9-4-6-10(16)7-5-9/h4-7,16H,2-3,8H2,1H3,(H,13,14,15). The van der Waals surface area contributed by atoms with Gasteiger partial charge in [0.25, 0.3) is 0 Å². The number of nitrogens with one attached hydrogen (secondary N) is 1. The van der Waals surface area contributed by atoms with Crippen LogP contribution in [0.5, 0.6) is 5.75 Å². The van der Waals surface area contributed by atoms with Crippen molar-refractivity contribution in [1.82, 2.24) is 15.2 Å². The minimum absolute atomic E-state index is 0.255. The Labute approximate surface area is 104 Å². The number of benzene rings is 1. The van der Waals surface area contributed by atoms with Crippen molar-refractivity contribution in [2.24, 2.45) is 0 Å². The number of aromatic nitrogens is 3. The summed E-state index contributed by atoms with van der Waals surface area (Å²) in [6.45, 7) is 2.17. The maximum atomic E-state index is 9.20. The first-order valence-electron chi connectivity index (χ1n) is 5.64. The van der Waals surface area contributed by atoms with E-state index in [1.165, 1.54) is 12.8 Å². The molecule has 0 aliphatic rings. The van der Waals surface area contributed by atoms with Gasteiger partial charge in [0.05, 0.1) is 0 Å². The second-order valence-corrected chi connectivity index (χ2v) is 4.78. The second-order valence-electron chi connectivity index (χ2n) is 3.72. The molecule has 0 radical (unpaired) electrons. The van der Waals surface area contributed by atoms with Crippen molar-refractivity contribution in [2.45, 2.75) is 24.9 Å². The maximum Gasteiger partial charge on any atom is 0.208 e. The molecule has 0 amide bonds. The minimum atomic E-state index is 0.255. The molecule has 1 aromatic heterocycles. The Kier molecular flexibility index (Phi) is 4.03. The highest BCUT2D eigenvalue weighted by Gasteiger charge is 2.05. The van der Waals surface area contributed by atoms with Gasteiger partial charge in [0, 0.05) is 11.3 Å². The van der Waals surface area contributed by atoms with Crippen LogP contribution in [0.1, 0.15) is 19.8 Å². The summed E-state index contributed by atoms with van der Waals surface area (Å²) >= 11 is 1.66. The summed E-state index contributed by atoms with van der Waals surface area (Å²) in [6.07, 6.45) is 2.36. The van der Waals surface area contributed by atoms with E-state index < -0.39 is 0 Å². The monoisotopic (exact) mass is 249 g/mol. The second kappa shape index (κ2) is 5.72. The van der Waals surface area contributed by atoms with Crippen LogP contribution in [0.15, 0.2) is 29.4 Å². The van der Waals surface area contributed by atoms with Gasteiger partial charge < -0.3 is 5.11 Å². The number of unbranched alkanes of at least 4 members (excludes halogenated alkanes) is 1. The Morgan fingerprint density at radius 3 is 2.76 bits per heavy atom. The fraction of sp³-hybridized carbons (Fsp3) is 0.333. The van der Waals surface area contributed by atoms with Gasteiger partial charge in [-0.3, -0.25) is 5.10 Å². The summed E-state index contributed by atoms with van der Waals surface area (Å²) in [5.74, 6) is 2.04. The Balaban J connectivity index is 2.04. The fourth-order valence-corrected chi connectivity index (χ4v) is 2.25. The molecular weight excluding hydrogens is 234 g/mol. The number of phenolic OH excluding ortho intramolecular Hbond substituents is 1. The summed E-state index contributed by atoms with van der Waals surface area (Å²) in [5.41, 5.74) is 0.928. The summed E-state index contributed by atoms with van der Waals surface area (Å²) in [6, 6.07) is 6.91. The Hall–Kier alpha value is -1.49. The summed E-state index contributed by atoms with van der Waals surface area (Å²) < 4.78 is 0. The van der Waals surface area contributed by atoms with E-state index in [4.69, 9.17) is 0 Å². The molecule has 2 aromatic rings. The molecule has 0 bridgehead atoms. The number of rotatable bonds is 5. The number of hydrogen-bond acceptors (Lipinski definition) is 4. The van der Waals surface area contributed by atoms with E-state index in [-0.39, 0.29) is 5.75 Å². The molecule has 5 heteroatoms. The van der Waals surface area contributed by atoms with Crippen molar-refractivity contribution in [3.8, 4) is 17.1 Å². The van der Waals surface area contributed by atoms with Gasteiger partial charge in [-0.15, -0.1) is 5.10 Å². The highest BCUT2D eigenvalue weighted by molar-refractivity contribution is 7.99. The number of nitrogens with zero attached hydrogens (tertiary/aromatic N) is 2. The van der Waals surface area contributed by atoms with Gasteiger partial charge in [0.2, 0.25) is 5.16 Å². The van der Waals surface area contributed by atoms with Crippen molar-refractivity contribution in [2.75, 3.05) is 5.75 Å². The van der Waals surface area contributed by atoms with Crippen LogP contribution < -0.4 is 0 Å². The average Bonchev–Trinajstić information content (AvgIpc) is 2.79. The molecule has 17 heavy (non-hydrogen) atoms. The predicted molar refractivity (Wildman–Crippen MR) is 69.1 cm³/mol. The summed E-state index contributed by atoms with van der Waals surface area (Å²) in [7, 11) is 0. The zero-order valence-corrected chi connectivity index (χ0v) is 10.5. The zero-order valence-electron chi connectivity index (χ0n) is 9.68. The molecular formula is C12H15N3OS. The lowest BCUT2D eigenvalue weighted by molar-refractivity contribution is 0.475. The van der Waals surface area contributed by atoms with E-state index in [1.807, 2.05) is 12.1 Å². The Morgan fingerprint density at radius 2 is 2.06 bits per heavy atom. The molecule has 0 unspecified atom stereocenters. The average molecular weight is 249 g/mol. The van der Waals surface area contributed by atoms with Crippen molar-refractivity contribution >= 4 is 11.8 Å². The SMILES string of the molecule is CCCCSc1n[nH]c(-c2ccc(O)cc2)n1. The molecule has 0 aliphatic heterocycles. The normalized spacial score (nSPS) is 10.6. The number of H-pyrrole nitrogens is 1.